The second kappa shape index (κ2) is 2.98. The minimum absolute atomic E-state index is 0.265. The lowest BCUT2D eigenvalue weighted by atomic mass is 9.65. The third kappa shape index (κ3) is 1.16. The van der Waals surface area contributed by atoms with Gasteiger partial charge in [0.05, 0.1) is 11.7 Å². The average Bonchev–Trinajstić information content (AvgIpc) is 2.77. The quantitative estimate of drug-likeness (QED) is 0.649. The monoisotopic (exact) mass is 182 g/mol. The van der Waals surface area contributed by atoms with Crippen LogP contribution in [0.15, 0.2) is 0 Å². The molecule has 1 heteroatoms. The number of rotatable bonds is 3. The summed E-state index contributed by atoms with van der Waals surface area (Å²) >= 11 is 0. The van der Waals surface area contributed by atoms with Crippen molar-refractivity contribution >= 4 is 0 Å². The van der Waals surface area contributed by atoms with Crippen molar-refractivity contribution in [3.8, 4) is 0 Å². The van der Waals surface area contributed by atoms with Crippen molar-refractivity contribution in [2.24, 2.45) is 5.41 Å². The summed E-state index contributed by atoms with van der Waals surface area (Å²) in [4.78, 5) is 0. The molecule has 0 amide bonds. The van der Waals surface area contributed by atoms with Gasteiger partial charge in [0.25, 0.3) is 0 Å². The molecule has 2 bridgehead atoms. The maximum atomic E-state index is 6.21. The molecule has 0 spiro atoms. The molecule has 2 heterocycles. The van der Waals surface area contributed by atoms with Crippen LogP contribution in [0.4, 0.5) is 0 Å². The Balaban J connectivity index is 2.22. The van der Waals surface area contributed by atoms with Crippen LogP contribution in [-0.2, 0) is 4.74 Å². The topological polar surface area (TPSA) is 9.23 Å². The minimum atomic E-state index is 0.265. The van der Waals surface area contributed by atoms with E-state index in [0.717, 1.165) is 0 Å². The van der Waals surface area contributed by atoms with Gasteiger partial charge in [-0.1, -0.05) is 20.8 Å². The normalized spacial score (nSPS) is 38.5. The van der Waals surface area contributed by atoms with Crippen molar-refractivity contribution < 1.29 is 4.74 Å². The van der Waals surface area contributed by atoms with Crippen molar-refractivity contribution in [3.05, 3.63) is 0 Å². The van der Waals surface area contributed by atoms with Gasteiger partial charge in [-0.25, -0.2) is 0 Å². The van der Waals surface area contributed by atoms with Gasteiger partial charge in [0.1, 0.15) is 0 Å². The Morgan fingerprint density at radius 2 is 1.77 bits per heavy atom. The van der Waals surface area contributed by atoms with Crippen molar-refractivity contribution in [1.29, 1.82) is 0 Å². The molecule has 0 radical (unpaired) electrons. The highest BCUT2D eigenvalue weighted by Crippen LogP contribution is 2.55. The van der Waals surface area contributed by atoms with Crippen molar-refractivity contribution in [2.45, 2.75) is 71.0 Å². The minimum Gasteiger partial charge on any atom is -0.371 e. The molecular formula is C12H22O. The second-order valence-corrected chi connectivity index (χ2v) is 5.08. The Labute approximate surface area is 81.9 Å². The van der Waals surface area contributed by atoms with E-state index >= 15 is 0 Å². The Hall–Kier alpha value is -0.0400. The van der Waals surface area contributed by atoms with E-state index in [1.807, 2.05) is 0 Å². The second-order valence-electron chi connectivity index (χ2n) is 5.08. The third-order valence-corrected chi connectivity index (χ3v) is 4.79. The van der Waals surface area contributed by atoms with E-state index in [0.29, 0.717) is 11.5 Å². The molecule has 0 N–H and O–H groups in total. The van der Waals surface area contributed by atoms with Gasteiger partial charge in [0.2, 0.25) is 0 Å². The predicted molar refractivity (Wildman–Crippen MR) is 54.8 cm³/mol. The number of hydrogen-bond acceptors (Lipinski definition) is 1. The van der Waals surface area contributed by atoms with Crippen LogP contribution in [0.1, 0.15) is 59.3 Å². The molecular weight excluding hydrogens is 160 g/mol. The standard InChI is InChI=1S/C12H22O/c1-4-11(3,5-2)12-8-6-10(13-12)7-9-12/h10H,4-9H2,1-3H3. The van der Waals surface area contributed by atoms with Gasteiger partial charge in [0.15, 0.2) is 0 Å². The molecule has 2 fully saturated rings. The molecule has 13 heavy (non-hydrogen) atoms. The van der Waals surface area contributed by atoms with Gasteiger partial charge >= 0.3 is 0 Å². The molecule has 1 nitrogen and oxygen atoms in total. The lowest BCUT2D eigenvalue weighted by Crippen LogP contribution is -2.43. The maximum absolute atomic E-state index is 6.21. The van der Waals surface area contributed by atoms with Crippen LogP contribution in [0.25, 0.3) is 0 Å². The van der Waals surface area contributed by atoms with Crippen LogP contribution in [0.2, 0.25) is 0 Å². The first-order valence-corrected chi connectivity index (χ1v) is 5.83. The van der Waals surface area contributed by atoms with Crippen molar-refractivity contribution in [2.75, 3.05) is 0 Å². The Morgan fingerprint density at radius 1 is 1.23 bits per heavy atom. The van der Waals surface area contributed by atoms with Crippen LogP contribution in [-0.4, -0.2) is 11.7 Å². The molecule has 0 atom stereocenters. The van der Waals surface area contributed by atoms with Gasteiger partial charge in [-0.3, -0.25) is 0 Å². The van der Waals surface area contributed by atoms with E-state index in [9.17, 15) is 0 Å². The summed E-state index contributed by atoms with van der Waals surface area (Å²) in [7, 11) is 0. The summed E-state index contributed by atoms with van der Waals surface area (Å²) in [6.07, 6.45) is 8.39. The average molecular weight is 182 g/mol. The zero-order valence-electron chi connectivity index (χ0n) is 9.23. The fourth-order valence-corrected chi connectivity index (χ4v) is 3.25. The summed E-state index contributed by atoms with van der Waals surface area (Å²) in [5.74, 6) is 0. The molecule has 2 aliphatic rings. The molecule has 2 aliphatic heterocycles. The summed E-state index contributed by atoms with van der Waals surface area (Å²) in [5.41, 5.74) is 0.694. The third-order valence-electron chi connectivity index (χ3n) is 4.79. The van der Waals surface area contributed by atoms with Crippen LogP contribution in [0, 0.1) is 5.41 Å². The largest absolute Gasteiger partial charge is 0.371 e. The predicted octanol–water partition coefficient (Wildman–Crippen LogP) is 3.52. The van der Waals surface area contributed by atoms with Crippen LogP contribution in [0.3, 0.4) is 0 Å². The van der Waals surface area contributed by atoms with Crippen LogP contribution >= 0.6 is 0 Å². The summed E-state index contributed by atoms with van der Waals surface area (Å²) in [6, 6.07) is 0. The van der Waals surface area contributed by atoms with E-state index < -0.39 is 0 Å². The van der Waals surface area contributed by atoms with Gasteiger partial charge in [-0.15, -0.1) is 0 Å². The fraction of sp³-hybridized carbons (Fsp3) is 1.00. The Kier molecular flexibility index (Phi) is 2.18. The van der Waals surface area contributed by atoms with Crippen molar-refractivity contribution in [1.82, 2.24) is 0 Å². The maximum Gasteiger partial charge on any atom is 0.0741 e. The van der Waals surface area contributed by atoms with E-state index in [1.165, 1.54) is 38.5 Å². The van der Waals surface area contributed by atoms with Crippen LogP contribution in [0.5, 0.6) is 0 Å². The molecule has 0 aliphatic carbocycles. The highest BCUT2D eigenvalue weighted by molar-refractivity contribution is 5.05. The lowest BCUT2D eigenvalue weighted by Gasteiger charge is -2.43. The Bertz CT molecular complexity index is 185. The highest BCUT2D eigenvalue weighted by Gasteiger charge is 2.55. The molecule has 0 saturated carbocycles. The Morgan fingerprint density at radius 3 is 2.08 bits per heavy atom. The van der Waals surface area contributed by atoms with Gasteiger partial charge in [0, 0.05) is 0 Å². The zero-order chi connectivity index (χ0) is 9.53. The molecule has 0 unspecified atom stereocenters. The van der Waals surface area contributed by atoms with Crippen molar-refractivity contribution in [3.63, 3.8) is 0 Å². The SMILES string of the molecule is CCC(C)(CC)C12CCC(CC1)O2. The smallest absolute Gasteiger partial charge is 0.0741 e. The molecule has 76 valence electrons. The van der Waals surface area contributed by atoms with E-state index in [1.54, 1.807) is 0 Å². The number of fused-ring (bicyclic) bond motifs is 2. The molecule has 2 saturated heterocycles. The first kappa shape index (κ1) is 9.51. The fourth-order valence-electron chi connectivity index (χ4n) is 3.25. The van der Waals surface area contributed by atoms with Gasteiger partial charge in [-0.05, 0) is 43.9 Å². The number of ether oxygens (including phenoxy) is 1. The first-order valence-electron chi connectivity index (χ1n) is 5.83. The summed E-state index contributed by atoms with van der Waals surface area (Å²) in [5, 5.41) is 0. The summed E-state index contributed by atoms with van der Waals surface area (Å²) < 4.78 is 6.21. The number of hydrogen-bond donors (Lipinski definition) is 0. The summed E-state index contributed by atoms with van der Waals surface area (Å²) in [6.45, 7) is 7.04. The highest BCUT2D eigenvalue weighted by atomic mass is 16.5. The lowest BCUT2D eigenvalue weighted by molar-refractivity contribution is -0.0851. The van der Waals surface area contributed by atoms with E-state index in [-0.39, 0.29) is 5.60 Å². The van der Waals surface area contributed by atoms with Gasteiger partial charge in [-0.2, -0.15) is 0 Å². The molecule has 0 aromatic heterocycles. The first-order chi connectivity index (χ1) is 6.16. The van der Waals surface area contributed by atoms with Crippen LogP contribution < -0.4 is 0 Å². The van der Waals surface area contributed by atoms with E-state index in [4.69, 9.17) is 4.74 Å². The van der Waals surface area contributed by atoms with Gasteiger partial charge < -0.3 is 4.74 Å². The molecule has 0 aromatic rings. The molecule has 0 aromatic carbocycles. The molecule has 2 rings (SSSR count). The zero-order valence-corrected chi connectivity index (χ0v) is 9.23. The van der Waals surface area contributed by atoms with E-state index in [2.05, 4.69) is 20.8 Å².